The monoisotopic (exact) mass is 533 g/mol. The number of piperidine rings is 1. The quantitative estimate of drug-likeness (QED) is 0.373. The van der Waals surface area contributed by atoms with Crippen LogP contribution in [-0.2, 0) is 30.8 Å². The van der Waals surface area contributed by atoms with Crippen molar-refractivity contribution in [2.75, 3.05) is 0 Å². The molecule has 3 atom stereocenters. The predicted octanol–water partition coefficient (Wildman–Crippen LogP) is 6.24. The van der Waals surface area contributed by atoms with Crippen LogP contribution in [0.2, 0.25) is 0 Å². The fourth-order valence-corrected chi connectivity index (χ4v) is 7.02. The second-order valence-electron chi connectivity index (χ2n) is 11.7. The number of amides is 2. The van der Waals surface area contributed by atoms with E-state index in [0.29, 0.717) is 37.0 Å². The number of rotatable bonds is 8. The third kappa shape index (κ3) is 5.75. The van der Waals surface area contributed by atoms with Gasteiger partial charge >= 0.3 is 0 Å². The van der Waals surface area contributed by atoms with Gasteiger partial charge in [-0.05, 0) is 59.9 Å². The first-order valence-electron chi connectivity index (χ1n) is 14.8. The van der Waals surface area contributed by atoms with Gasteiger partial charge in [0.2, 0.25) is 5.91 Å². The Morgan fingerprint density at radius 3 is 2.17 bits per heavy atom. The summed E-state index contributed by atoms with van der Waals surface area (Å²) in [5.41, 5.74) is 6.58. The lowest BCUT2D eigenvalue weighted by atomic mass is 9.79. The van der Waals surface area contributed by atoms with Crippen molar-refractivity contribution in [2.45, 2.75) is 76.7 Å². The van der Waals surface area contributed by atoms with Crippen molar-refractivity contribution in [3.05, 3.63) is 119 Å². The molecule has 0 radical (unpaired) electrons. The minimum atomic E-state index is -0.131. The van der Waals surface area contributed by atoms with Crippen molar-refractivity contribution in [1.82, 2.24) is 15.1 Å². The van der Waals surface area contributed by atoms with E-state index in [4.69, 9.17) is 0 Å². The third-order valence-electron chi connectivity index (χ3n) is 9.02. The van der Waals surface area contributed by atoms with Gasteiger partial charge in [0.05, 0.1) is 6.04 Å². The highest BCUT2D eigenvalue weighted by atomic mass is 16.2. The summed E-state index contributed by atoms with van der Waals surface area (Å²) in [6.07, 6.45) is 7.10. The summed E-state index contributed by atoms with van der Waals surface area (Å²) in [5.74, 6) is 0.611. The molecule has 0 aromatic heterocycles. The summed E-state index contributed by atoms with van der Waals surface area (Å²) >= 11 is 0. The molecule has 6 rings (SSSR count). The van der Waals surface area contributed by atoms with E-state index < -0.39 is 0 Å². The summed E-state index contributed by atoms with van der Waals surface area (Å²) in [4.78, 5) is 29.6. The molecule has 2 fully saturated rings. The van der Waals surface area contributed by atoms with E-state index in [2.05, 4.69) is 89.6 Å². The standard InChI is InChI=1S/C35H39N3O2/c1-25-32(18-19-34(39)36-25)38-24-30-21-28(16-17-31(30)35(38)40)20-29-14-8-9-15-33(29)37(22-26-10-4-2-5-11-26)23-27-12-6-3-7-13-27/h2-7,10-13,16-17,21,29,32-33H,1,8-9,14-15,18-20,22-24H2,(H,36,39)/t29-,32?,33-/m1/s1. The average molecular weight is 534 g/mol. The van der Waals surface area contributed by atoms with Gasteiger partial charge in [0.25, 0.3) is 5.91 Å². The third-order valence-corrected chi connectivity index (χ3v) is 9.02. The highest BCUT2D eigenvalue weighted by Gasteiger charge is 2.37. The smallest absolute Gasteiger partial charge is 0.255 e. The van der Waals surface area contributed by atoms with Crippen molar-refractivity contribution in [2.24, 2.45) is 5.92 Å². The molecule has 5 nitrogen and oxygen atoms in total. The maximum atomic E-state index is 13.3. The largest absolute Gasteiger partial charge is 0.328 e. The van der Waals surface area contributed by atoms with Crippen LogP contribution >= 0.6 is 0 Å². The average Bonchev–Trinajstić information content (AvgIpc) is 3.29. The zero-order valence-corrected chi connectivity index (χ0v) is 23.2. The van der Waals surface area contributed by atoms with E-state index in [9.17, 15) is 9.59 Å². The number of carbonyl (C=O) groups excluding carboxylic acids is 2. The number of nitrogens with one attached hydrogen (secondary N) is 1. The summed E-state index contributed by atoms with van der Waals surface area (Å²) in [7, 11) is 0. The molecule has 3 aromatic rings. The van der Waals surface area contributed by atoms with Crippen LogP contribution < -0.4 is 5.32 Å². The second kappa shape index (κ2) is 11.8. The van der Waals surface area contributed by atoms with Crippen molar-refractivity contribution < 1.29 is 9.59 Å². The normalized spacial score (nSPS) is 22.9. The van der Waals surface area contributed by atoms with Crippen molar-refractivity contribution in [3.63, 3.8) is 0 Å². The zero-order valence-electron chi connectivity index (χ0n) is 23.2. The summed E-state index contributed by atoms with van der Waals surface area (Å²) in [6, 6.07) is 28.5. The van der Waals surface area contributed by atoms with Crippen LogP contribution in [0.15, 0.2) is 91.1 Å². The van der Waals surface area contributed by atoms with Gasteiger partial charge in [0.1, 0.15) is 0 Å². The number of benzene rings is 3. The van der Waals surface area contributed by atoms with Crippen molar-refractivity contribution >= 4 is 11.8 Å². The number of nitrogens with zero attached hydrogens (tertiary/aromatic N) is 2. The molecule has 0 spiro atoms. The van der Waals surface area contributed by atoms with Crippen LogP contribution in [0.4, 0.5) is 0 Å². The van der Waals surface area contributed by atoms with Crippen LogP contribution in [0.5, 0.6) is 0 Å². The van der Waals surface area contributed by atoms with Gasteiger partial charge in [-0.2, -0.15) is 0 Å². The summed E-state index contributed by atoms with van der Waals surface area (Å²) in [5, 5.41) is 2.84. The fraction of sp³-hybridized carbons (Fsp3) is 0.371. The lowest BCUT2D eigenvalue weighted by Gasteiger charge is -2.40. The molecule has 1 aliphatic carbocycles. The Hall–Kier alpha value is -3.70. The van der Waals surface area contributed by atoms with Gasteiger partial charge in [0.15, 0.2) is 0 Å². The second-order valence-corrected chi connectivity index (χ2v) is 11.7. The first kappa shape index (κ1) is 26.5. The maximum absolute atomic E-state index is 13.3. The van der Waals surface area contributed by atoms with E-state index in [1.807, 2.05) is 11.0 Å². The van der Waals surface area contributed by atoms with E-state index in [1.54, 1.807) is 0 Å². The number of hydrogen-bond donors (Lipinski definition) is 1. The molecule has 2 aliphatic heterocycles. The zero-order chi connectivity index (χ0) is 27.5. The number of hydrogen-bond acceptors (Lipinski definition) is 3. The van der Waals surface area contributed by atoms with Crippen LogP contribution in [0.1, 0.15) is 71.1 Å². The molecular weight excluding hydrogens is 494 g/mol. The van der Waals surface area contributed by atoms with E-state index in [0.717, 1.165) is 30.6 Å². The number of fused-ring (bicyclic) bond motifs is 1. The fourth-order valence-electron chi connectivity index (χ4n) is 7.02. The SMILES string of the molecule is C=C1NC(=O)CCC1N1Cc2cc(C[C@H]3CCCC[C@H]3N(Cc3ccccc3)Cc3ccccc3)ccc2C1=O. The Labute approximate surface area is 237 Å². The molecule has 206 valence electrons. The highest BCUT2D eigenvalue weighted by molar-refractivity contribution is 5.99. The molecule has 1 saturated carbocycles. The van der Waals surface area contributed by atoms with Gasteiger partial charge in [-0.3, -0.25) is 14.5 Å². The minimum absolute atomic E-state index is 0.0108. The van der Waals surface area contributed by atoms with Gasteiger partial charge in [-0.15, -0.1) is 0 Å². The topological polar surface area (TPSA) is 52.7 Å². The first-order chi connectivity index (χ1) is 19.5. The van der Waals surface area contributed by atoms with E-state index in [1.165, 1.54) is 42.4 Å². The molecule has 3 aliphatic rings. The Bertz CT molecular complexity index is 1330. The van der Waals surface area contributed by atoms with Crippen molar-refractivity contribution in [1.29, 1.82) is 0 Å². The van der Waals surface area contributed by atoms with Gasteiger partial charge in [-0.1, -0.05) is 92.2 Å². The van der Waals surface area contributed by atoms with Crippen LogP contribution in [0.25, 0.3) is 0 Å². The van der Waals surface area contributed by atoms with E-state index >= 15 is 0 Å². The molecule has 1 saturated heterocycles. The molecule has 0 bridgehead atoms. The Morgan fingerprint density at radius 2 is 1.50 bits per heavy atom. The summed E-state index contributed by atoms with van der Waals surface area (Å²) in [6.45, 7) is 6.53. The maximum Gasteiger partial charge on any atom is 0.255 e. The Balaban J connectivity index is 1.20. The van der Waals surface area contributed by atoms with Crippen molar-refractivity contribution in [3.8, 4) is 0 Å². The Morgan fingerprint density at radius 1 is 0.825 bits per heavy atom. The number of carbonyl (C=O) groups is 2. The van der Waals surface area contributed by atoms with Crippen LogP contribution in [0, 0.1) is 5.92 Å². The molecule has 1 N–H and O–H groups in total. The van der Waals surface area contributed by atoms with Gasteiger partial charge < -0.3 is 10.2 Å². The van der Waals surface area contributed by atoms with E-state index in [-0.39, 0.29) is 17.9 Å². The Kier molecular flexibility index (Phi) is 7.83. The molecule has 1 unspecified atom stereocenters. The molecular formula is C35H39N3O2. The highest BCUT2D eigenvalue weighted by Crippen LogP contribution is 2.35. The molecule has 3 aromatic carbocycles. The lowest BCUT2D eigenvalue weighted by Crippen LogP contribution is -2.45. The van der Waals surface area contributed by atoms with Crippen LogP contribution in [0.3, 0.4) is 0 Å². The van der Waals surface area contributed by atoms with Gasteiger partial charge in [0, 0.05) is 43.4 Å². The van der Waals surface area contributed by atoms with Crippen LogP contribution in [-0.4, -0.2) is 33.7 Å². The summed E-state index contributed by atoms with van der Waals surface area (Å²) < 4.78 is 0. The predicted molar refractivity (Wildman–Crippen MR) is 158 cm³/mol. The lowest BCUT2D eigenvalue weighted by molar-refractivity contribution is -0.121. The minimum Gasteiger partial charge on any atom is -0.328 e. The van der Waals surface area contributed by atoms with Gasteiger partial charge in [-0.25, -0.2) is 0 Å². The molecule has 40 heavy (non-hydrogen) atoms. The molecule has 2 amide bonds. The molecule has 5 heteroatoms. The first-order valence-corrected chi connectivity index (χ1v) is 14.8. The molecule has 2 heterocycles.